The van der Waals surface area contributed by atoms with E-state index in [0.717, 1.165) is 17.0 Å². The Kier molecular flexibility index (Phi) is 4.25. The maximum absolute atomic E-state index is 4.96. The van der Waals surface area contributed by atoms with Gasteiger partial charge in [0.25, 0.3) is 0 Å². The number of nitrogens with one attached hydrogen (secondary N) is 2. The first kappa shape index (κ1) is 13.2. The van der Waals surface area contributed by atoms with Gasteiger partial charge in [0, 0.05) is 25.1 Å². The monoisotopic (exact) mass is 273 g/mol. The van der Waals surface area contributed by atoms with Crippen LogP contribution in [-0.4, -0.2) is 27.4 Å². The van der Waals surface area contributed by atoms with E-state index in [2.05, 4.69) is 20.8 Å². The quantitative estimate of drug-likeness (QED) is 0.508. The normalized spacial score (nSPS) is 11.2. The highest BCUT2D eigenvalue weighted by Gasteiger charge is 2.00. The number of thiocarbonyl (C=S) groups is 1. The van der Waals surface area contributed by atoms with Crippen molar-refractivity contribution in [2.75, 3.05) is 7.05 Å². The number of hydrogen-bond acceptors (Lipinski definition) is 3. The van der Waals surface area contributed by atoms with Gasteiger partial charge in [-0.1, -0.05) is 12.1 Å². The van der Waals surface area contributed by atoms with Crippen molar-refractivity contribution >= 4 is 23.0 Å². The van der Waals surface area contributed by atoms with Crippen LogP contribution in [0.15, 0.2) is 48.1 Å². The van der Waals surface area contributed by atoms with Crippen LogP contribution in [0.25, 0.3) is 5.69 Å². The molecular formula is C13H15N5S. The zero-order valence-corrected chi connectivity index (χ0v) is 11.6. The summed E-state index contributed by atoms with van der Waals surface area (Å²) in [5.74, 6) is 0. The van der Waals surface area contributed by atoms with E-state index < -0.39 is 0 Å². The molecule has 0 saturated heterocycles. The third-order valence-electron chi connectivity index (χ3n) is 2.64. The van der Waals surface area contributed by atoms with Crippen molar-refractivity contribution < 1.29 is 0 Å². The van der Waals surface area contributed by atoms with Crippen LogP contribution < -0.4 is 10.7 Å². The molecule has 0 aliphatic heterocycles. The topological polar surface area (TPSA) is 54.2 Å². The molecule has 1 heterocycles. The molecular weight excluding hydrogens is 258 g/mol. The second kappa shape index (κ2) is 6.10. The Morgan fingerprint density at radius 3 is 2.63 bits per heavy atom. The van der Waals surface area contributed by atoms with Crippen molar-refractivity contribution in [1.29, 1.82) is 0 Å². The molecule has 0 radical (unpaired) electrons. The highest BCUT2D eigenvalue weighted by Crippen LogP contribution is 2.09. The van der Waals surface area contributed by atoms with Gasteiger partial charge >= 0.3 is 0 Å². The van der Waals surface area contributed by atoms with Crippen molar-refractivity contribution in [3.05, 3.63) is 48.5 Å². The lowest BCUT2D eigenvalue weighted by Gasteiger charge is -2.06. The lowest BCUT2D eigenvalue weighted by Crippen LogP contribution is -2.29. The largest absolute Gasteiger partial charge is 0.364 e. The lowest BCUT2D eigenvalue weighted by atomic mass is 10.1. The van der Waals surface area contributed by atoms with E-state index in [4.69, 9.17) is 12.2 Å². The van der Waals surface area contributed by atoms with E-state index in [1.807, 2.05) is 42.0 Å². The van der Waals surface area contributed by atoms with Crippen LogP contribution in [0.3, 0.4) is 0 Å². The van der Waals surface area contributed by atoms with Crippen LogP contribution in [0, 0.1) is 0 Å². The lowest BCUT2D eigenvalue weighted by molar-refractivity contribution is 0.973. The molecule has 19 heavy (non-hydrogen) atoms. The molecule has 0 bridgehead atoms. The first-order valence-corrected chi connectivity index (χ1v) is 6.22. The van der Waals surface area contributed by atoms with Gasteiger partial charge < -0.3 is 9.88 Å². The number of hydrogen-bond donors (Lipinski definition) is 2. The van der Waals surface area contributed by atoms with Crippen molar-refractivity contribution in [2.45, 2.75) is 6.92 Å². The summed E-state index contributed by atoms with van der Waals surface area (Å²) in [5, 5.41) is 7.50. The van der Waals surface area contributed by atoms with Crippen LogP contribution in [0.1, 0.15) is 12.5 Å². The van der Waals surface area contributed by atoms with E-state index >= 15 is 0 Å². The van der Waals surface area contributed by atoms with Gasteiger partial charge in [0.05, 0.1) is 12.0 Å². The molecule has 6 heteroatoms. The van der Waals surface area contributed by atoms with Gasteiger partial charge in [0.1, 0.15) is 0 Å². The molecule has 0 aliphatic rings. The summed E-state index contributed by atoms with van der Waals surface area (Å²) in [5.41, 5.74) is 5.74. The third-order valence-corrected chi connectivity index (χ3v) is 2.94. The maximum Gasteiger partial charge on any atom is 0.186 e. The molecule has 0 spiro atoms. The molecule has 0 saturated carbocycles. The SMILES string of the molecule is CNC(=S)N/N=C(/C)c1ccc(-n2ccnc2)cc1. The Morgan fingerprint density at radius 2 is 2.05 bits per heavy atom. The van der Waals surface area contributed by atoms with Crippen LogP contribution in [-0.2, 0) is 0 Å². The summed E-state index contributed by atoms with van der Waals surface area (Å²) in [6, 6.07) is 8.06. The highest BCUT2D eigenvalue weighted by atomic mass is 32.1. The Morgan fingerprint density at radius 1 is 1.32 bits per heavy atom. The third kappa shape index (κ3) is 3.38. The molecule has 1 aromatic heterocycles. The fourth-order valence-electron chi connectivity index (χ4n) is 1.54. The molecule has 2 N–H and O–H groups in total. The van der Waals surface area contributed by atoms with Crippen LogP contribution in [0.2, 0.25) is 0 Å². The van der Waals surface area contributed by atoms with Gasteiger partial charge in [0.15, 0.2) is 5.11 Å². The second-order valence-electron chi connectivity index (χ2n) is 3.90. The number of rotatable bonds is 3. The first-order chi connectivity index (χ1) is 9.20. The predicted molar refractivity (Wildman–Crippen MR) is 80.6 cm³/mol. The van der Waals surface area contributed by atoms with Crippen LogP contribution in [0.4, 0.5) is 0 Å². The second-order valence-corrected chi connectivity index (χ2v) is 4.31. The van der Waals surface area contributed by atoms with Crippen LogP contribution >= 0.6 is 12.2 Å². The average molecular weight is 273 g/mol. The van der Waals surface area contributed by atoms with E-state index in [1.54, 1.807) is 19.6 Å². The van der Waals surface area contributed by atoms with Gasteiger partial charge in [-0.3, -0.25) is 5.43 Å². The average Bonchev–Trinajstić information content (AvgIpc) is 2.98. The molecule has 0 fully saturated rings. The summed E-state index contributed by atoms with van der Waals surface area (Å²) in [7, 11) is 1.75. The fourth-order valence-corrected chi connectivity index (χ4v) is 1.59. The zero-order chi connectivity index (χ0) is 13.7. The summed E-state index contributed by atoms with van der Waals surface area (Å²) in [4.78, 5) is 4.02. The highest BCUT2D eigenvalue weighted by molar-refractivity contribution is 7.80. The van der Waals surface area contributed by atoms with Crippen molar-refractivity contribution in [3.63, 3.8) is 0 Å². The predicted octanol–water partition coefficient (Wildman–Crippen LogP) is 1.69. The number of imidazole rings is 1. The molecule has 2 rings (SSSR count). The summed E-state index contributed by atoms with van der Waals surface area (Å²) in [6.07, 6.45) is 5.43. The van der Waals surface area contributed by atoms with E-state index in [1.165, 1.54) is 0 Å². The van der Waals surface area contributed by atoms with Crippen molar-refractivity contribution in [2.24, 2.45) is 5.10 Å². The van der Waals surface area contributed by atoms with Crippen LogP contribution in [0.5, 0.6) is 0 Å². The molecule has 5 nitrogen and oxygen atoms in total. The zero-order valence-electron chi connectivity index (χ0n) is 10.8. The van der Waals surface area contributed by atoms with Gasteiger partial charge in [-0.2, -0.15) is 5.10 Å². The van der Waals surface area contributed by atoms with Crippen molar-refractivity contribution in [1.82, 2.24) is 20.3 Å². The van der Waals surface area contributed by atoms with Crippen molar-refractivity contribution in [3.8, 4) is 5.69 Å². The molecule has 1 aromatic carbocycles. The van der Waals surface area contributed by atoms with E-state index in [9.17, 15) is 0 Å². The summed E-state index contributed by atoms with van der Waals surface area (Å²) < 4.78 is 1.95. The molecule has 98 valence electrons. The molecule has 0 unspecified atom stereocenters. The molecule has 0 atom stereocenters. The molecule has 0 aliphatic carbocycles. The van der Waals surface area contributed by atoms with Gasteiger partial charge in [0.2, 0.25) is 0 Å². The number of aromatic nitrogens is 2. The fraction of sp³-hybridized carbons (Fsp3) is 0.154. The van der Waals surface area contributed by atoms with Gasteiger partial charge in [-0.15, -0.1) is 0 Å². The molecule has 2 aromatic rings. The Hall–Kier alpha value is -2.21. The van der Waals surface area contributed by atoms with Gasteiger partial charge in [-0.05, 0) is 36.8 Å². The van der Waals surface area contributed by atoms with Gasteiger partial charge in [-0.25, -0.2) is 4.98 Å². The minimum absolute atomic E-state index is 0.495. The minimum atomic E-state index is 0.495. The Labute approximate surface area is 117 Å². The number of nitrogens with zero attached hydrogens (tertiary/aromatic N) is 3. The Bertz CT molecular complexity index is 572. The van der Waals surface area contributed by atoms with E-state index in [-0.39, 0.29) is 0 Å². The standard InChI is InChI=1S/C13H15N5S/c1-10(16-17-13(19)14-2)11-3-5-12(6-4-11)18-8-7-15-9-18/h3-9H,1-2H3,(H2,14,17,19)/b16-10-. The summed E-state index contributed by atoms with van der Waals surface area (Å²) in [6.45, 7) is 1.93. The first-order valence-electron chi connectivity index (χ1n) is 5.81. The number of hydrazone groups is 1. The maximum atomic E-state index is 4.96. The number of benzene rings is 1. The smallest absolute Gasteiger partial charge is 0.186 e. The minimum Gasteiger partial charge on any atom is -0.364 e. The molecule has 0 amide bonds. The van der Waals surface area contributed by atoms with E-state index in [0.29, 0.717) is 5.11 Å². The summed E-state index contributed by atoms with van der Waals surface area (Å²) >= 11 is 4.96. The Balaban J connectivity index is 2.12.